The van der Waals surface area contributed by atoms with Crippen molar-refractivity contribution >= 4 is 46.3 Å². The normalized spacial score (nSPS) is 18.4. The lowest BCUT2D eigenvalue weighted by Gasteiger charge is -2.39. The van der Waals surface area contributed by atoms with Crippen LogP contribution in [-0.4, -0.2) is 91.4 Å². The van der Waals surface area contributed by atoms with Crippen molar-refractivity contribution in [3.8, 4) is 5.75 Å². The molecule has 4 aromatic rings. The molecular formula is C34H35ClF3N9O5. The van der Waals surface area contributed by atoms with Gasteiger partial charge in [0.15, 0.2) is 23.1 Å². The van der Waals surface area contributed by atoms with Crippen LogP contribution in [0.3, 0.4) is 0 Å². The van der Waals surface area contributed by atoms with E-state index in [1.165, 1.54) is 10.8 Å². The highest BCUT2D eigenvalue weighted by molar-refractivity contribution is 6.33. The first-order valence-electron chi connectivity index (χ1n) is 16.7. The summed E-state index contributed by atoms with van der Waals surface area (Å²) in [6.07, 6.45) is 0.371. The molecule has 2 aliphatic heterocycles. The number of fused-ring (bicyclic) bond motifs is 3. The van der Waals surface area contributed by atoms with Crippen LogP contribution in [0.25, 0.3) is 11.4 Å². The van der Waals surface area contributed by atoms with Crippen molar-refractivity contribution in [3.05, 3.63) is 74.3 Å². The van der Waals surface area contributed by atoms with Gasteiger partial charge < -0.3 is 29.5 Å². The Labute approximate surface area is 299 Å². The minimum absolute atomic E-state index is 0.00289. The molecule has 7 rings (SSSR count). The van der Waals surface area contributed by atoms with E-state index in [2.05, 4.69) is 20.4 Å². The molecule has 1 aliphatic carbocycles. The van der Waals surface area contributed by atoms with Crippen LogP contribution in [0.15, 0.2) is 35.4 Å². The smallest absolute Gasteiger partial charge is 0.416 e. The van der Waals surface area contributed by atoms with Gasteiger partial charge in [-0.15, -0.1) is 5.10 Å². The summed E-state index contributed by atoms with van der Waals surface area (Å²) in [4.78, 5) is 57.6. The second kappa shape index (κ2) is 13.2. The monoisotopic (exact) mass is 741 g/mol. The molecule has 1 aromatic carbocycles. The average molecular weight is 742 g/mol. The van der Waals surface area contributed by atoms with E-state index < -0.39 is 29.0 Å². The van der Waals surface area contributed by atoms with Gasteiger partial charge in [-0.05, 0) is 55.4 Å². The number of hydrogen-bond donors (Lipinski definition) is 2. The highest BCUT2D eigenvalue weighted by atomic mass is 35.5. The fourth-order valence-corrected chi connectivity index (χ4v) is 7.84. The molecule has 1 fully saturated rings. The molecule has 18 heteroatoms. The zero-order chi connectivity index (χ0) is 37.1. The third-order valence-corrected chi connectivity index (χ3v) is 10.4. The number of anilines is 2. The lowest BCUT2D eigenvalue weighted by molar-refractivity contribution is -0.137. The fraction of sp³-hybridized carbons (Fsp3) is 0.441. The van der Waals surface area contributed by atoms with Gasteiger partial charge in [0.25, 0.3) is 11.5 Å². The molecule has 0 radical (unpaired) electrons. The van der Waals surface area contributed by atoms with Gasteiger partial charge in [0.1, 0.15) is 12.9 Å². The van der Waals surface area contributed by atoms with Crippen LogP contribution in [0.1, 0.15) is 71.7 Å². The molecule has 274 valence electrons. The van der Waals surface area contributed by atoms with Gasteiger partial charge in [-0.2, -0.15) is 22.7 Å². The van der Waals surface area contributed by atoms with Crippen molar-refractivity contribution in [1.82, 2.24) is 34.0 Å². The maximum atomic E-state index is 14.5. The molecule has 2 amide bonds. The molecule has 3 aromatic heterocycles. The van der Waals surface area contributed by atoms with Crippen LogP contribution >= 0.6 is 11.6 Å². The van der Waals surface area contributed by atoms with Crippen LogP contribution in [0.2, 0.25) is 5.02 Å². The topological polar surface area (TPSA) is 160 Å². The SMILES string of the molecule is CC1CC2(CCN(C(=O)c3ncnc(N(C)C)c3O)CC2)c2c1n(CC(=O)Nc1ccc(C(F)(F)F)cc1Cl)c1nc(C3=CCOCC3)nn1c2=O. The minimum atomic E-state index is -4.61. The van der Waals surface area contributed by atoms with E-state index >= 15 is 0 Å². The Kier molecular flexibility index (Phi) is 8.97. The maximum absolute atomic E-state index is 14.5. The Morgan fingerprint density at radius 2 is 1.94 bits per heavy atom. The highest BCUT2D eigenvalue weighted by Crippen LogP contribution is 2.50. The molecule has 52 heavy (non-hydrogen) atoms. The number of amides is 2. The van der Waals surface area contributed by atoms with Crippen molar-refractivity contribution in [2.75, 3.05) is 50.6 Å². The predicted octanol–water partition coefficient (Wildman–Crippen LogP) is 4.25. The maximum Gasteiger partial charge on any atom is 0.416 e. The number of carbonyl (C=O) groups is 2. The third kappa shape index (κ3) is 6.14. The summed E-state index contributed by atoms with van der Waals surface area (Å²) < 4.78 is 48.0. The molecule has 1 spiro atoms. The number of ether oxygens (including phenoxy) is 1. The van der Waals surface area contributed by atoms with E-state index in [4.69, 9.17) is 21.3 Å². The number of alkyl halides is 3. The Hall–Kier alpha value is -5.03. The van der Waals surface area contributed by atoms with Gasteiger partial charge in [0.2, 0.25) is 11.7 Å². The lowest BCUT2D eigenvalue weighted by Crippen LogP contribution is -2.46. The van der Waals surface area contributed by atoms with Crippen molar-refractivity contribution in [2.45, 2.75) is 56.7 Å². The molecule has 5 heterocycles. The second-order valence-electron chi connectivity index (χ2n) is 13.6. The third-order valence-electron chi connectivity index (χ3n) is 10.0. The van der Waals surface area contributed by atoms with Gasteiger partial charge in [0.05, 0.1) is 29.5 Å². The van der Waals surface area contributed by atoms with Gasteiger partial charge in [0, 0.05) is 43.9 Å². The quantitative estimate of drug-likeness (QED) is 0.293. The van der Waals surface area contributed by atoms with Gasteiger partial charge in [-0.1, -0.05) is 24.6 Å². The number of hydrogen-bond acceptors (Lipinski definition) is 10. The standard InChI is InChI=1S/C34H35ClF3N9O5/c1-18-15-33(8-10-45(11-9-33)31(51)25-27(49)29(44(2)3)40-17-39-25)24-26(18)46(16-23(48)41-22-5-4-20(14-21(22)35)34(36,37)38)32-42-28(43-47(32)30(24)50)19-6-12-52-13-7-19/h4-6,14,17-18,49H,7-13,15-16H2,1-3H3,(H,41,48). The van der Waals surface area contributed by atoms with Gasteiger partial charge >= 0.3 is 6.18 Å². The second-order valence-corrected chi connectivity index (χ2v) is 14.0. The Morgan fingerprint density at radius 1 is 1.19 bits per heavy atom. The van der Waals surface area contributed by atoms with Crippen LogP contribution in [0, 0.1) is 0 Å². The van der Waals surface area contributed by atoms with Crippen molar-refractivity contribution in [2.24, 2.45) is 0 Å². The van der Waals surface area contributed by atoms with Crippen LogP contribution in [0.5, 0.6) is 5.75 Å². The van der Waals surface area contributed by atoms with Crippen molar-refractivity contribution < 1.29 is 32.6 Å². The Balaban J connectivity index is 1.25. The summed E-state index contributed by atoms with van der Waals surface area (Å²) in [7, 11) is 3.38. The molecule has 3 aliphatic rings. The number of aromatic hydroxyl groups is 1. The van der Waals surface area contributed by atoms with Crippen LogP contribution in [-0.2, 0) is 27.7 Å². The van der Waals surface area contributed by atoms with E-state index in [1.54, 1.807) is 28.5 Å². The van der Waals surface area contributed by atoms with Crippen LogP contribution < -0.4 is 15.8 Å². The first kappa shape index (κ1) is 35.4. The molecule has 0 saturated carbocycles. The van der Waals surface area contributed by atoms with E-state index in [0.717, 1.165) is 23.8 Å². The van der Waals surface area contributed by atoms with Gasteiger partial charge in [-0.3, -0.25) is 14.4 Å². The number of nitrogens with zero attached hydrogens (tertiary/aromatic N) is 8. The minimum Gasteiger partial charge on any atom is -0.503 e. The molecular weight excluding hydrogens is 707 g/mol. The number of aromatic nitrogens is 6. The van der Waals surface area contributed by atoms with E-state index in [0.29, 0.717) is 56.0 Å². The summed E-state index contributed by atoms with van der Waals surface area (Å²) in [5.41, 5.74) is -0.222. The number of benzene rings is 1. The number of carbonyl (C=O) groups excluding carboxylic acids is 2. The van der Waals surface area contributed by atoms with E-state index in [-0.39, 0.29) is 64.9 Å². The van der Waals surface area contributed by atoms with Crippen molar-refractivity contribution in [3.63, 3.8) is 0 Å². The Morgan fingerprint density at radius 3 is 2.60 bits per heavy atom. The molecule has 1 unspecified atom stereocenters. The number of rotatable bonds is 6. The number of piperidine rings is 1. The summed E-state index contributed by atoms with van der Waals surface area (Å²) in [5.74, 6) is -0.905. The van der Waals surface area contributed by atoms with E-state index in [1.807, 2.05) is 13.0 Å². The number of likely N-dealkylation sites (tertiary alicyclic amines) is 1. The largest absolute Gasteiger partial charge is 0.503 e. The summed E-state index contributed by atoms with van der Waals surface area (Å²) in [6, 6.07) is 2.67. The van der Waals surface area contributed by atoms with Gasteiger partial charge in [-0.25, -0.2) is 9.97 Å². The fourth-order valence-electron chi connectivity index (χ4n) is 7.61. The lowest BCUT2D eigenvalue weighted by atomic mass is 9.73. The number of nitrogens with one attached hydrogen (secondary N) is 1. The molecule has 1 atom stereocenters. The average Bonchev–Trinajstić information content (AvgIpc) is 3.67. The molecule has 2 N–H and O–H groups in total. The number of halogens is 4. The molecule has 14 nitrogen and oxygen atoms in total. The first-order chi connectivity index (χ1) is 24.7. The summed E-state index contributed by atoms with van der Waals surface area (Å²) in [6.45, 7) is 2.98. The predicted molar refractivity (Wildman–Crippen MR) is 184 cm³/mol. The zero-order valence-electron chi connectivity index (χ0n) is 28.5. The van der Waals surface area contributed by atoms with Crippen LogP contribution in [0.4, 0.5) is 24.7 Å². The molecule has 1 saturated heterocycles. The van der Waals surface area contributed by atoms with Crippen molar-refractivity contribution in [1.29, 1.82) is 0 Å². The zero-order valence-corrected chi connectivity index (χ0v) is 29.3. The summed E-state index contributed by atoms with van der Waals surface area (Å²) in [5, 5.41) is 17.7. The van der Waals surface area contributed by atoms with E-state index in [9.17, 15) is 32.7 Å². The highest BCUT2D eigenvalue weighted by Gasteiger charge is 2.49. The first-order valence-corrected chi connectivity index (χ1v) is 17.0. The Bertz CT molecular complexity index is 2190. The summed E-state index contributed by atoms with van der Waals surface area (Å²) >= 11 is 6.15. The molecule has 0 bridgehead atoms.